The van der Waals surface area contributed by atoms with E-state index in [0.717, 1.165) is 43.4 Å². The molecule has 1 saturated heterocycles. The second-order valence-corrected chi connectivity index (χ2v) is 11.7. The summed E-state index contributed by atoms with van der Waals surface area (Å²) in [4.78, 5) is 18.6. The van der Waals surface area contributed by atoms with Gasteiger partial charge < -0.3 is 10.2 Å². The summed E-state index contributed by atoms with van der Waals surface area (Å²) in [5.74, 6) is -0.230. The summed E-state index contributed by atoms with van der Waals surface area (Å²) in [7, 11) is -3.88. The van der Waals surface area contributed by atoms with Crippen molar-refractivity contribution in [2.45, 2.75) is 29.3 Å². The van der Waals surface area contributed by atoms with Crippen molar-refractivity contribution in [3.63, 3.8) is 0 Å². The second-order valence-electron chi connectivity index (χ2n) is 8.55. The van der Waals surface area contributed by atoms with Gasteiger partial charge in [0.25, 0.3) is 0 Å². The Morgan fingerprint density at radius 1 is 0.972 bits per heavy atom. The zero-order valence-corrected chi connectivity index (χ0v) is 21.9. The molecular formula is C26H26ClN4O3S2+. The van der Waals surface area contributed by atoms with Crippen molar-refractivity contribution in [2.24, 2.45) is 0 Å². The van der Waals surface area contributed by atoms with Gasteiger partial charge in [-0.3, -0.25) is 4.79 Å². The van der Waals surface area contributed by atoms with Gasteiger partial charge in [-0.2, -0.15) is 8.42 Å². The number of nitrogens with one attached hydrogen (secondary N) is 2. The summed E-state index contributed by atoms with van der Waals surface area (Å²) in [5.41, 5.74) is 2.69. The molecule has 0 bridgehead atoms. The van der Waals surface area contributed by atoms with Gasteiger partial charge in [0.2, 0.25) is 5.91 Å². The summed E-state index contributed by atoms with van der Waals surface area (Å²) in [6.07, 6.45) is 3.37. The molecule has 0 unspecified atom stereocenters. The van der Waals surface area contributed by atoms with Gasteiger partial charge in [-0.25, -0.2) is 4.98 Å². The summed E-state index contributed by atoms with van der Waals surface area (Å²) in [6.45, 7) is 1.79. The van der Waals surface area contributed by atoms with E-state index in [1.54, 1.807) is 42.5 Å². The molecule has 7 nitrogen and oxygen atoms in total. The van der Waals surface area contributed by atoms with Crippen molar-refractivity contribution < 1.29 is 17.2 Å². The third kappa shape index (κ3) is 4.96. The van der Waals surface area contributed by atoms with Gasteiger partial charge in [-0.15, -0.1) is 3.97 Å². The Hall–Kier alpha value is -3.01. The molecule has 0 spiro atoms. The normalized spacial score (nSPS) is 14.2. The van der Waals surface area contributed by atoms with E-state index in [2.05, 4.69) is 15.2 Å². The number of aromatic nitrogens is 2. The molecule has 0 atom stereocenters. The Kier molecular flexibility index (Phi) is 7.22. The van der Waals surface area contributed by atoms with E-state index in [4.69, 9.17) is 11.6 Å². The fraction of sp³-hybridized carbons (Fsp3) is 0.231. The van der Waals surface area contributed by atoms with Crippen LogP contribution < -0.4 is 14.2 Å². The number of thioether (sulfide) groups is 1. The highest BCUT2D eigenvalue weighted by Gasteiger charge is 2.32. The van der Waals surface area contributed by atoms with Crippen LogP contribution >= 0.6 is 23.4 Å². The van der Waals surface area contributed by atoms with Crippen LogP contribution in [0.1, 0.15) is 19.3 Å². The average Bonchev–Trinajstić information content (AvgIpc) is 3.28. The number of carbonyl (C=O) groups is 1. The minimum Gasteiger partial charge on any atom is -0.369 e. The predicted molar refractivity (Wildman–Crippen MR) is 144 cm³/mol. The number of anilines is 2. The SMILES string of the molecule is O=C(CSc1[nH]c2ccccc2[n+]1S(=O)(=O)c1ccccc1)Nc1cccc(Cl)c1N1CCCCC1. The molecule has 0 radical (unpaired) electrons. The number of H-pyrrole nitrogens is 1. The van der Waals surface area contributed by atoms with Crippen LogP contribution in [0.3, 0.4) is 0 Å². The highest BCUT2D eigenvalue weighted by molar-refractivity contribution is 8.00. The number of piperidine rings is 1. The molecule has 36 heavy (non-hydrogen) atoms. The summed E-state index contributed by atoms with van der Waals surface area (Å²) >= 11 is 7.66. The van der Waals surface area contributed by atoms with Crippen LogP contribution in [-0.2, 0) is 14.8 Å². The third-order valence-corrected chi connectivity index (χ3v) is 9.22. The van der Waals surface area contributed by atoms with E-state index in [1.165, 1.54) is 10.4 Å². The molecule has 5 rings (SSSR count). The number of para-hydroxylation sites is 3. The van der Waals surface area contributed by atoms with E-state index in [0.29, 0.717) is 26.9 Å². The van der Waals surface area contributed by atoms with Gasteiger partial charge >= 0.3 is 15.2 Å². The maximum atomic E-state index is 13.5. The number of aromatic amines is 1. The van der Waals surface area contributed by atoms with Crippen LogP contribution in [0, 0.1) is 0 Å². The van der Waals surface area contributed by atoms with Crippen molar-refractivity contribution in [1.82, 2.24) is 4.98 Å². The fourth-order valence-electron chi connectivity index (χ4n) is 4.44. The predicted octanol–water partition coefficient (Wildman–Crippen LogP) is 5.07. The monoisotopic (exact) mass is 541 g/mol. The topological polar surface area (TPSA) is 86.1 Å². The first kappa shape index (κ1) is 24.7. The molecule has 2 heterocycles. The molecule has 2 N–H and O–H groups in total. The van der Waals surface area contributed by atoms with Gasteiger partial charge in [0, 0.05) is 13.1 Å². The van der Waals surface area contributed by atoms with E-state index < -0.39 is 10.0 Å². The van der Waals surface area contributed by atoms with Crippen LogP contribution in [0.25, 0.3) is 11.0 Å². The molecule has 10 heteroatoms. The number of benzene rings is 3. The highest BCUT2D eigenvalue weighted by Crippen LogP contribution is 2.35. The quantitative estimate of drug-likeness (QED) is 0.252. The van der Waals surface area contributed by atoms with Crippen LogP contribution in [0.15, 0.2) is 82.8 Å². The standard InChI is InChI=1S/C26H25ClN4O3S2/c27-20-12-9-14-22(25(20)30-16-7-2-8-17-30)28-24(32)18-35-26-29-21-13-5-6-15-23(21)31(26)36(33,34)19-10-3-1-4-11-19/h1,3-6,9-15H,2,7-8,16-18H2,(H,28,32)/p+1. The Bertz CT molecular complexity index is 1500. The van der Waals surface area contributed by atoms with Gasteiger partial charge in [-0.1, -0.05) is 48.0 Å². The summed E-state index contributed by atoms with van der Waals surface area (Å²) < 4.78 is 28.3. The Balaban J connectivity index is 1.40. The van der Waals surface area contributed by atoms with Crippen molar-refractivity contribution >= 4 is 61.7 Å². The molecule has 0 saturated carbocycles. The number of halogens is 1. The molecule has 1 amide bonds. The van der Waals surface area contributed by atoms with Gasteiger partial charge in [0.15, 0.2) is 11.0 Å². The Labute approximate surface area is 219 Å². The lowest BCUT2D eigenvalue weighted by Gasteiger charge is -2.31. The zero-order chi connectivity index (χ0) is 25.1. The van der Waals surface area contributed by atoms with Crippen LogP contribution in [0.4, 0.5) is 11.4 Å². The highest BCUT2D eigenvalue weighted by atomic mass is 35.5. The number of imidazole rings is 1. The van der Waals surface area contributed by atoms with E-state index in [-0.39, 0.29) is 16.6 Å². The molecule has 3 aromatic carbocycles. The molecule has 1 aromatic heterocycles. The lowest BCUT2D eigenvalue weighted by molar-refractivity contribution is -0.526. The number of rotatable bonds is 7. The first-order valence-corrected chi connectivity index (χ1v) is 14.5. The zero-order valence-electron chi connectivity index (χ0n) is 19.5. The van der Waals surface area contributed by atoms with Crippen LogP contribution in [-0.4, -0.2) is 38.2 Å². The number of carbonyl (C=O) groups excluding carboxylic acids is 1. The number of amides is 1. The summed E-state index contributed by atoms with van der Waals surface area (Å²) in [6, 6.07) is 20.9. The molecule has 4 aromatic rings. The molecule has 1 aliphatic rings. The maximum Gasteiger partial charge on any atom is 0.336 e. The van der Waals surface area contributed by atoms with E-state index >= 15 is 0 Å². The Morgan fingerprint density at radius 3 is 2.47 bits per heavy atom. The van der Waals surface area contributed by atoms with E-state index in [1.807, 2.05) is 30.3 Å². The summed E-state index contributed by atoms with van der Waals surface area (Å²) in [5, 5.41) is 3.94. The van der Waals surface area contributed by atoms with Gasteiger partial charge in [0.05, 0.1) is 22.2 Å². The number of fused-ring (bicyclic) bond motifs is 1. The van der Waals surface area contributed by atoms with Gasteiger partial charge in [-0.05, 0) is 67.4 Å². The molecule has 1 aliphatic heterocycles. The minimum atomic E-state index is -3.88. The van der Waals surface area contributed by atoms with Gasteiger partial charge in [0.1, 0.15) is 4.90 Å². The third-order valence-electron chi connectivity index (χ3n) is 6.10. The molecular weight excluding hydrogens is 516 g/mol. The fourth-order valence-corrected chi connectivity index (χ4v) is 7.32. The Morgan fingerprint density at radius 2 is 1.69 bits per heavy atom. The number of nitrogens with zero attached hydrogens (tertiary/aromatic N) is 2. The first-order chi connectivity index (χ1) is 17.4. The first-order valence-electron chi connectivity index (χ1n) is 11.7. The minimum absolute atomic E-state index is 0.0169. The number of hydrogen-bond acceptors (Lipinski definition) is 5. The molecule has 1 fully saturated rings. The van der Waals surface area contributed by atoms with Crippen molar-refractivity contribution in [3.8, 4) is 0 Å². The molecule has 0 aliphatic carbocycles. The second kappa shape index (κ2) is 10.5. The lowest BCUT2D eigenvalue weighted by Crippen LogP contribution is -2.44. The van der Waals surface area contributed by atoms with Crippen LogP contribution in [0.5, 0.6) is 0 Å². The molecule has 186 valence electrons. The van der Waals surface area contributed by atoms with Crippen molar-refractivity contribution in [2.75, 3.05) is 29.1 Å². The maximum absolute atomic E-state index is 13.5. The smallest absolute Gasteiger partial charge is 0.336 e. The van der Waals surface area contributed by atoms with Crippen LogP contribution in [0.2, 0.25) is 5.02 Å². The van der Waals surface area contributed by atoms with Crippen molar-refractivity contribution in [3.05, 3.63) is 77.8 Å². The van der Waals surface area contributed by atoms with E-state index in [9.17, 15) is 13.2 Å². The average molecular weight is 542 g/mol. The van der Waals surface area contributed by atoms with Crippen molar-refractivity contribution in [1.29, 1.82) is 0 Å². The largest absolute Gasteiger partial charge is 0.369 e. The number of hydrogen-bond donors (Lipinski definition) is 2. The lowest BCUT2D eigenvalue weighted by atomic mass is 10.1.